The molecular weight excluding hydrogens is 663 g/mol. The number of hydrogen-bond donors (Lipinski definition) is 1. The number of aromatic nitrogens is 5. The highest BCUT2D eigenvalue weighted by atomic mass is 79.9. The molecule has 0 bridgehead atoms. The van der Waals surface area contributed by atoms with E-state index in [-0.39, 0.29) is 12.1 Å². The highest BCUT2D eigenvalue weighted by molar-refractivity contribution is 9.10. The summed E-state index contributed by atoms with van der Waals surface area (Å²) in [6.45, 7) is 1.18. The van der Waals surface area contributed by atoms with Crippen molar-refractivity contribution in [3.63, 3.8) is 0 Å². The van der Waals surface area contributed by atoms with Crippen LogP contribution in [-0.4, -0.2) is 44.1 Å². The second kappa shape index (κ2) is 12.5. The van der Waals surface area contributed by atoms with Crippen molar-refractivity contribution in [2.24, 2.45) is 0 Å². The Kier molecular flexibility index (Phi) is 8.01. The molecule has 0 saturated carbocycles. The molecule has 0 saturated heterocycles. The third-order valence-electron chi connectivity index (χ3n) is 6.74. The van der Waals surface area contributed by atoms with Crippen molar-refractivity contribution in [1.82, 2.24) is 25.0 Å². The van der Waals surface area contributed by atoms with E-state index in [1.54, 1.807) is 30.7 Å². The quantitative estimate of drug-likeness (QED) is 0.179. The normalized spacial score (nSPS) is 12.2. The molecule has 0 atom stereocenters. The van der Waals surface area contributed by atoms with E-state index in [2.05, 4.69) is 41.5 Å². The number of ether oxygens (including phenoxy) is 2. The maximum absolute atomic E-state index is 14.9. The van der Waals surface area contributed by atoms with Gasteiger partial charge in [-0.25, -0.2) is 19.0 Å². The number of hydrogen-bond acceptors (Lipinski definition) is 9. The lowest BCUT2D eigenvalue weighted by atomic mass is 10.1. The summed E-state index contributed by atoms with van der Waals surface area (Å²) in [6, 6.07) is 20.9. The molecule has 1 amide bonds. The molecule has 0 radical (unpaired) electrons. The second-order valence-electron chi connectivity index (χ2n) is 9.84. The molecule has 3 aromatic heterocycles. The molecule has 1 N–H and O–H groups in total. The summed E-state index contributed by atoms with van der Waals surface area (Å²) in [5, 5.41) is 11.6. The number of pyridine rings is 1. The van der Waals surface area contributed by atoms with Crippen LogP contribution in [-0.2, 0) is 6.54 Å². The molecule has 13 heteroatoms. The average Bonchev–Trinajstić information content (AvgIpc) is 3.72. The lowest BCUT2D eigenvalue weighted by Crippen LogP contribution is -2.15. The first kappa shape index (κ1) is 28.7. The average molecular weight is 686 g/mol. The van der Waals surface area contributed by atoms with Crippen LogP contribution in [0.3, 0.4) is 0 Å². The molecule has 10 nitrogen and oxygen atoms in total. The number of nitrogens with zero attached hydrogens (tertiary/aromatic N) is 5. The predicted octanol–water partition coefficient (Wildman–Crippen LogP) is 7.12. The van der Waals surface area contributed by atoms with Gasteiger partial charge in [-0.2, -0.15) is 0 Å². The largest absolute Gasteiger partial charge is 0.486 e. The minimum absolute atomic E-state index is 0.179. The van der Waals surface area contributed by atoms with Crippen LogP contribution in [0.25, 0.3) is 22.6 Å². The van der Waals surface area contributed by atoms with E-state index in [0.717, 1.165) is 14.9 Å². The van der Waals surface area contributed by atoms with Crippen molar-refractivity contribution in [2.75, 3.05) is 18.5 Å². The number of anilines is 1. The van der Waals surface area contributed by atoms with Gasteiger partial charge in [-0.3, -0.25) is 4.79 Å². The van der Waals surface area contributed by atoms with E-state index < -0.39 is 11.7 Å². The second-order valence-corrected chi connectivity index (χ2v) is 11.8. The summed E-state index contributed by atoms with van der Waals surface area (Å²) >= 11 is 4.79. The molecule has 0 aliphatic carbocycles. The van der Waals surface area contributed by atoms with E-state index in [1.165, 1.54) is 34.6 Å². The lowest BCUT2D eigenvalue weighted by molar-refractivity contribution is 0.102. The fourth-order valence-corrected chi connectivity index (χ4v) is 5.95. The van der Waals surface area contributed by atoms with Crippen LogP contribution in [0, 0.1) is 5.82 Å². The van der Waals surface area contributed by atoms with Gasteiger partial charge < -0.3 is 19.2 Å². The Morgan fingerprint density at radius 2 is 1.89 bits per heavy atom. The summed E-state index contributed by atoms with van der Waals surface area (Å²) in [7, 11) is 0. The summed E-state index contributed by atoms with van der Waals surface area (Å²) < 4.78 is 34.5. The first-order chi connectivity index (χ1) is 22.0. The summed E-state index contributed by atoms with van der Waals surface area (Å²) in [5.74, 6) is 1.46. The molecule has 3 aromatic carbocycles. The number of amides is 1. The van der Waals surface area contributed by atoms with Gasteiger partial charge in [0.2, 0.25) is 5.89 Å². The van der Waals surface area contributed by atoms with Gasteiger partial charge in [0.1, 0.15) is 36.3 Å². The van der Waals surface area contributed by atoms with Gasteiger partial charge in [-0.1, -0.05) is 45.0 Å². The first-order valence-corrected chi connectivity index (χ1v) is 15.3. The molecule has 224 valence electrons. The minimum Gasteiger partial charge on any atom is -0.486 e. The summed E-state index contributed by atoms with van der Waals surface area (Å²) in [6.07, 6.45) is 4.86. The van der Waals surface area contributed by atoms with Gasteiger partial charge in [0.25, 0.3) is 5.91 Å². The van der Waals surface area contributed by atoms with Crippen LogP contribution in [0.5, 0.6) is 11.5 Å². The maximum atomic E-state index is 14.9. The molecule has 1 aliphatic heterocycles. The molecule has 7 rings (SSSR count). The van der Waals surface area contributed by atoms with Gasteiger partial charge in [0.15, 0.2) is 17.3 Å². The minimum atomic E-state index is -0.510. The van der Waals surface area contributed by atoms with Crippen molar-refractivity contribution >= 4 is 39.3 Å². The Morgan fingerprint density at radius 1 is 1.00 bits per heavy atom. The number of halogens is 2. The van der Waals surface area contributed by atoms with Crippen molar-refractivity contribution in [3.8, 4) is 34.1 Å². The SMILES string of the molecule is O=C(Nc1ccc(F)c(-c2cn(Cc3ncc(-c4cccc(Br)c4)o3)nn2)c1)c1cccnc1Sc1ccc2c(c1)OCCO2. The van der Waals surface area contributed by atoms with E-state index in [0.29, 0.717) is 58.3 Å². The zero-order chi connectivity index (χ0) is 30.8. The summed E-state index contributed by atoms with van der Waals surface area (Å²) in [4.78, 5) is 23.0. The van der Waals surface area contributed by atoms with Crippen LogP contribution in [0.4, 0.5) is 10.1 Å². The molecule has 45 heavy (non-hydrogen) atoms. The number of nitrogens with one attached hydrogen (secondary N) is 1. The molecule has 1 aliphatic rings. The highest BCUT2D eigenvalue weighted by Crippen LogP contribution is 2.37. The molecule has 0 unspecified atom stereocenters. The fraction of sp³-hybridized carbons (Fsp3) is 0.0938. The van der Waals surface area contributed by atoms with Crippen molar-refractivity contribution in [1.29, 1.82) is 0 Å². The standard InChI is InChI=1S/C32H22BrFN6O4S/c33-20-4-1-3-19(13-20)29-16-36-30(44-29)18-40-17-26(38-39-40)24-14-21(6-8-25(24)34)37-31(41)23-5-2-10-35-32(23)45-22-7-9-27-28(15-22)43-12-11-42-27/h1-10,13-17H,11-12,18H2,(H,37,41). The van der Waals surface area contributed by atoms with Gasteiger partial charge in [-0.05, 0) is 60.7 Å². The van der Waals surface area contributed by atoms with Gasteiger partial charge >= 0.3 is 0 Å². The zero-order valence-electron chi connectivity index (χ0n) is 23.3. The Morgan fingerprint density at radius 3 is 2.78 bits per heavy atom. The zero-order valence-corrected chi connectivity index (χ0v) is 25.7. The van der Waals surface area contributed by atoms with Gasteiger partial charge in [-0.15, -0.1) is 5.10 Å². The van der Waals surface area contributed by atoms with Gasteiger partial charge in [0, 0.05) is 32.4 Å². The van der Waals surface area contributed by atoms with Crippen LogP contribution < -0.4 is 14.8 Å². The Bertz CT molecular complexity index is 2030. The smallest absolute Gasteiger partial charge is 0.258 e. The van der Waals surface area contributed by atoms with Crippen molar-refractivity contribution in [2.45, 2.75) is 16.5 Å². The molecule has 0 spiro atoms. The van der Waals surface area contributed by atoms with E-state index in [4.69, 9.17) is 13.9 Å². The van der Waals surface area contributed by atoms with Crippen LogP contribution >= 0.6 is 27.7 Å². The van der Waals surface area contributed by atoms with Crippen LogP contribution in [0.15, 0.2) is 110 Å². The molecular formula is C32H22BrFN6O4S. The number of fused-ring (bicyclic) bond motifs is 1. The third kappa shape index (κ3) is 6.44. The van der Waals surface area contributed by atoms with E-state index >= 15 is 0 Å². The highest BCUT2D eigenvalue weighted by Gasteiger charge is 2.18. The Labute approximate surface area is 268 Å². The molecule has 4 heterocycles. The van der Waals surface area contributed by atoms with Crippen LogP contribution in [0.2, 0.25) is 0 Å². The van der Waals surface area contributed by atoms with E-state index in [9.17, 15) is 9.18 Å². The third-order valence-corrected chi connectivity index (χ3v) is 8.24. The Hall–Kier alpha value is -5.01. The lowest BCUT2D eigenvalue weighted by Gasteiger charge is -2.18. The predicted molar refractivity (Wildman–Crippen MR) is 168 cm³/mol. The van der Waals surface area contributed by atoms with Gasteiger partial charge in [0.05, 0.1) is 18.0 Å². The number of carbonyl (C=O) groups excluding carboxylic acids is 1. The summed E-state index contributed by atoms with van der Waals surface area (Å²) in [5.41, 5.74) is 2.10. The topological polar surface area (TPSA) is 117 Å². The monoisotopic (exact) mass is 684 g/mol. The fourth-order valence-electron chi connectivity index (χ4n) is 4.64. The number of benzene rings is 3. The number of oxazole rings is 1. The van der Waals surface area contributed by atoms with Crippen molar-refractivity contribution in [3.05, 3.63) is 113 Å². The first-order valence-electron chi connectivity index (χ1n) is 13.7. The molecule has 0 fully saturated rings. The number of rotatable bonds is 8. The Balaban J connectivity index is 1.06. The van der Waals surface area contributed by atoms with E-state index in [1.807, 2.05) is 42.5 Å². The van der Waals surface area contributed by atoms with Crippen LogP contribution in [0.1, 0.15) is 16.2 Å². The molecule has 6 aromatic rings. The van der Waals surface area contributed by atoms with Crippen molar-refractivity contribution < 1.29 is 23.1 Å². The maximum Gasteiger partial charge on any atom is 0.258 e. The number of carbonyl (C=O) groups is 1.